The Bertz CT molecular complexity index is 448. The van der Waals surface area contributed by atoms with Crippen LogP contribution in [-0.4, -0.2) is 46.4 Å². The topological polar surface area (TPSA) is 121 Å². The summed E-state index contributed by atoms with van der Waals surface area (Å²) < 4.78 is 4.21. The molecule has 0 fully saturated rings. The highest BCUT2D eigenvalue weighted by atomic mass is 16.5. The molecule has 0 aliphatic carbocycles. The molecule has 0 aliphatic rings. The second-order valence-corrected chi connectivity index (χ2v) is 3.60. The van der Waals surface area contributed by atoms with Crippen molar-refractivity contribution in [3.63, 3.8) is 0 Å². The van der Waals surface area contributed by atoms with E-state index in [1.807, 2.05) is 0 Å². The molecular weight excluding hydrogens is 268 g/mol. The van der Waals surface area contributed by atoms with Gasteiger partial charge in [0.2, 0.25) is 0 Å². The molecule has 1 rings (SSSR count). The van der Waals surface area contributed by atoms with Crippen LogP contribution < -0.4 is 0 Å². The average Bonchev–Trinajstić information content (AvgIpc) is 2.46. The Morgan fingerprint density at radius 1 is 1.10 bits per heavy atom. The quantitative estimate of drug-likeness (QED) is 0.705. The van der Waals surface area contributed by atoms with Crippen molar-refractivity contribution in [2.45, 2.75) is 19.4 Å². The van der Waals surface area contributed by atoms with Gasteiger partial charge in [-0.05, 0) is 18.6 Å². The van der Waals surface area contributed by atoms with E-state index in [0.29, 0.717) is 6.42 Å². The van der Waals surface area contributed by atoms with Crippen LogP contribution in [-0.2, 0) is 9.53 Å². The zero-order valence-corrected chi connectivity index (χ0v) is 11.1. The average molecular weight is 284 g/mol. The molecule has 0 aromatic heterocycles. The largest absolute Gasteiger partial charge is 0.478 e. The number of carbonyl (C=O) groups is 3. The van der Waals surface area contributed by atoms with Crippen molar-refractivity contribution in [2.24, 2.45) is 0 Å². The minimum atomic E-state index is -1.23. The number of aromatic carboxylic acids is 2. The lowest BCUT2D eigenvalue weighted by atomic mass is 10.1. The maximum atomic E-state index is 10.5. The first-order chi connectivity index (χ1) is 9.34. The summed E-state index contributed by atoms with van der Waals surface area (Å²) >= 11 is 0. The summed E-state index contributed by atoms with van der Waals surface area (Å²) in [5, 5.41) is 25.8. The van der Waals surface area contributed by atoms with Gasteiger partial charge in [0, 0.05) is 0 Å². The molecule has 7 nitrogen and oxygen atoms in total. The van der Waals surface area contributed by atoms with Gasteiger partial charge in [-0.15, -0.1) is 0 Å². The van der Waals surface area contributed by atoms with Gasteiger partial charge >= 0.3 is 17.9 Å². The van der Waals surface area contributed by atoms with E-state index >= 15 is 0 Å². The molecule has 20 heavy (non-hydrogen) atoms. The number of carboxylic acids is 2. The van der Waals surface area contributed by atoms with Gasteiger partial charge < -0.3 is 20.1 Å². The number of carboxylic acid groups (broad SMARTS) is 2. The van der Waals surface area contributed by atoms with Crippen molar-refractivity contribution in [3.8, 4) is 0 Å². The van der Waals surface area contributed by atoms with Gasteiger partial charge in [-0.2, -0.15) is 0 Å². The number of esters is 1. The molecule has 1 unspecified atom stereocenters. The Hall–Kier alpha value is -2.41. The van der Waals surface area contributed by atoms with E-state index in [2.05, 4.69) is 4.74 Å². The molecule has 0 bridgehead atoms. The predicted octanol–water partition coefficient (Wildman–Crippen LogP) is 1.01. The number of benzene rings is 1. The minimum absolute atomic E-state index is 0.190. The molecule has 0 spiro atoms. The fraction of sp³-hybridized carbons (Fsp3) is 0.308. The molecule has 0 saturated carbocycles. The summed E-state index contributed by atoms with van der Waals surface area (Å²) in [5.41, 5.74) is -0.380. The highest BCUT2D eigenvalue weighted by molar-refractivity contribution is 6.01. The lowest BCUT2D eigenvalue weighted by Crippen LogP contribution is -2.20. The Kier molecular flexibility index (Phi) is 7.61. The summed E-state index contributed by atoms with van der Waals surface area (Å²) in [6, 6.07) is 5.48. The number of hydrogen-bond donors (Lipinski definition) is 3. The number of rotatable bonds is 4. The van der Waals surface area contributed by atoms with Crippen LogP contribution in [0.15, 0.2) is 24.3 Å². The van der Waals surface area contributed by atoms with Crippen LogP contribution >= 0.6 is 0 Å². The van der Waals surface area contributed by atoms with Crippen LogP contribution in [0.5, 0.6) is 0 Å². The third-order valence-electron chi connectivity index (χ3n) is 2.25. The molecule has 110 valence electrons. The molecule has 1 atom stereocenters. The van der Waals surface area contributed by atoms with Crippen molar-refractivity contribution in [1.29, 1.82) is 0 Å². The lowest BCUT2D eigenvalue weighted by Gasteiger charge is -2.01. The van der Waals surface area contributed by atoms with Crippen molar-refractivity contribution in [2.75, 3.05) is 7.11 Å². The van der Waals surface area contributed by atoms with E-state index in [-0.39, 0.29) is 11.1 Å². The van der Waals surface area contributed by atoms with E-state index in [9.17, 15) is 14.4 Å². The van der Waals surface area contributed by atoms with Crippen molar-refractivity contribution >= 4 is 17.9 Å². The Balaban J connectivity index is 0.000000396. The van der Waals surface area contributed by atoms with Crippen LogP contribution in [0.1, 0.15) is 34.1 Å². The minimum Gasteiger partial charge on any atom is -0.478 e. The van der Waals surface area contributed by atoms with Crippen molar-refractivity contribution in [3.05, 3.63) is 35.4 Å². The van der Waals surface area contributed by atoms with E-state index in [4.69, 9.17) is 15.3 Å². The normalized spacial score (nSPS) is 10.8. The molecule has 0 amide bonds. The van der Waals surface area contributed by atoms with Crippen LogP contribution in [0, 0.1) is 0 Å². The van der Waals surface area contributed by atoms with Crippen LogP contribution in [0.3, 0.4) is 0 Å². The monoisotopic (exact) mass is 284 g/mol. The van der Waals surface area contributed by atoms with Crippen molar-refractivity contribution < 1.29 is 34.4 Å². The zero-order valence-electron chi connectivity index (χ0n) is 11.1. The molecule has 1 aromatic rings. The van der Waals surface area contributed by atoms with E-state index < -0.39 is 24.0 Å². The summed E-state index contributed by atoms with van der Waals surface area (Å²) in [6.07, 6.45) is -0.535. The second-order valence-electron chi connectivity index (χ2n) is 3.60. The Labute approximate surface area is 115 Å². The number of aliphatic hydroxyl groups is 1. The van der Waals surface area contributed by atoms with Gasteiger partial charge in [-0.3, -0.25) is 0 Å². The Morgan fingerprint density at radius 2 is 1.50 bits per heavy atom. The fourth-order valence-corrected chi connectivity index (χ4v) is 1.16. The fourth-order valence-electron chi connectivity index (χ4n) is 1.16. The van der Waals surface area contributed by atoms with Gasteiger partial charge in [-0.25, -0.2) is 14.4 Å². The molecule has 7 heteroatoms. The van der Waals surface area contributed by atoms with Gasteiger partial charge in [-0.1, -0.05) is 19.1 Å². The SMILES string of the molecule is CCC(O)C(=O)OC.O=C(O)c1ccccc1C(=O)O. The first-order valence-electron chi connectivity index (χ1n) is 5.66. The zero-order chi connectivity index (χ0) is 15.7. The van der Waals surface area contributed by atoms with Gasteiger partial charge in [0.15, 0.2) is 6.10 Å². The number of ether oxygens (including phenoxy) is 1. The molecule has 0 saturated heterocycles. The van der Waals surface area contributed by atoms with Gasteiger partial charge in [0.1, 0.15) is 0 Å². The Morgan fingerprint density at radius 3 is 1.70 bits per heavy atom. The second kappa shape index (κ2) is 8.65. The summed E-state index contributed by atoms with van der Waals surface area (Å²) in [5.74, 6) is -3.02. The number of aliphatic hydroxyl groups excluding tert-OH is 1. The molecule has 0 heterocycles. The number of hydrogen-bond acceptors (Lipinski definition) is 5. The molecular formula is C13H16O7. The standard InChI is InChI=1S/C8H6O4.C5H10O3/c9-7(10)5-3-1-2-4-6(5)8(11)12;1-3-4(6)5(7)8-2/h1-4H,(H,9,10)(H,11,12);4,6H,3H2,1-2H3. The highest BCUT2D eigenvalue weighted by Gasteiger charge is 2.13. The van der Waals surface area contributed by atoms with E-state index in [1.165, 1.54) is 31.4 Å². The summed E-state index contributed by atoms with van der Waals surface area (Å²) in [6.45, 7) is 1.71. The van der Waals surface area contributed by atoms with Crippen molar-refractivity contribution in [1.82, 2.24) is 0 Å². The predicted molar refractivity (Wildman–Crippen MR) is 68.7 cm³/mol. The number of methoxy groups -OCH3 is 1. The third kappa shape index (κ3) is 5.49. The molecule has 3 N–H and O–H groups in total. The summed E-state index contributed by atoms with van der Waals surface area (Å²) in [4.78, 5) is 31.2. The summed E-state index contributed by atoms with van der Waals surface area (Å²) in [7, 11) is 1.25. The van der Waals surface area contributed by atoms with E-state index in [0.717, 1.165) is 0 Å². The lowest BCUT2D eigenvalue weighted by molar-refractivity contribution is -0.150. The smallest absolute Gasteiger partial charge is 0.336 e. The maximum absolute atomic E-state index is 10.5. The third-order valence-corrected chi connectivity index (χ3v) is 2.25. The molecule has 0 radical (unpaired) electrons. The van der Waals surface area contributed by atoms with Gasteiger partial charge in [0.05, 0.1) is 18.2 Å². The van der Waals surface area contributed by atoms with Crippen LogP contribution in [0.2, 0.25) is 0 Å². The van der Waals surface area contributed by atoms with Gasteiger partial charge in [0.25, 0.3) is 0 Å². The first kappa shape index (κ1) is 17.6. The van der Waals surface area contributed by atoms with Crippen LogP contribution in [0.25, 0.3) is 0 Å². The molecule has 1 aromatic carbocycles. The van der Waals surface area contributed by atoms with E-state index in [1.54, 1.807) is 6.92 Å². The molecule has 0 aliphatic heterocycles. The first-order valence-corrected chi connectivity index (χ1v) is 5.66. The maximum Gasteiger partial charge on any atom is 0.336 e. The highest BCUT2D eigenvalue weighted by Crippen LogP contribution is 2.07. The van der Waals surface area contributed by atoms with Crippen LogP contribution in [0.4, 0.5) is 0 Å². The number of carbonyl (C=O) groups excluding carboxylic acids is 1.